The van der Waals surface area contributed by atoms with Gasteiger partial charge < -0.3 is 14.7 Å². The van der Waals surface area contributed by atoms with E-state index in [1.165, 1.54) is 12.8 Å². The number of carbonyl (C=O) groups excluding carboxylic acids is 1. The van der Waals surface area contributed by atoms with Crippen LogP contribution < -0.4 is 4.90 Å². The molecule has 0 unspecified atom stereocenters. The fourth-order valence-corrected chi connectivity index (χ4v) is 3.25. The van der Waals surface area contributed by atoms with Crippen LogP contribution in [-0.2, 0) is 0 Å². The number of nitrogens with zero attached hydrogens (tertiary/aromatic N) is 5. The minimum Gasteiger partial charge on any atom is -0.338 e. The Morgan fingerprint density at radius 3 is 2.26 bits per heavy atom. The molecule has 0 aromatic carbocycles. The third kappa shape index (κ3) is 3.99. The van der Waals surface area contributed by atoms with Crippen molar-refractivity contribution in [2.24, 2.45) is 0 Å². The fourth-order valence-electron chi connectivity index (χ4n) is 3.25. The minimum atomic E-state index is 0.0628. The summed E-state index contributed by atoms with van der Waals surface area (Å²) in [5.41, 5.74) is 1.42. The Bertz CT molecular complexity index is 546. The SMILES string of the molecule is Cc1cc(C(=O)N2CCCCCC2)nc(N2CCN(C)CC2)n1. The van der Waals surface area contributed by atoms with Gasteiger partial charge in [0.25, 0.3) is 5.91 Å². The maximum absolute atomic E-state index is 12.8. The largest absolute Gasteiger partial charge is 0.338 e. The lowest BCUT2D eigenvalue weighted by Gasteiger charge is -2.32. The van der Waals surface area contributed by atoms with Crippen molar-refractivity contribution in [1.29, 1.82) is 0 Å². The first-order chi connectivity index (χ1) is 11.1. The van der Waals surface area contributed by atoms with Crippen LogP contribution in [0.15, 0.2) is 6.07 Å². The molecule has 2 saturated heterocycles. The molecule has 0 N–H and O–H groups in total. The number of anilines is 1. The zero-order chi connectivity index (χ0) is 16.2. The van der Waals surface area contributed by atoms with Crippen molar-refractivity contribution in [2.45, 2.75) is 32.6 Å². The van der Waals surface area contributed by atoms with Crippen molar-refractivity contribution >= 4 is 11.9 Å². The molecule has 1 amide bonds. The predicted octanol–water partition coefficient (Wildman–Crippen LogP) is 1.55. The van der Waals surface area contributed by atoms with Gasteiger partial charge in [-0.1, -0.05) is 12.8 Å². The van der Waals surface area contributed by atoms with E-state index in [-0.39, 0.29) is 5.91 Å². The lowest BCUT2D eigenvalue weighted by atomic mass is 10.2. The first-order valence-corrected chi connectivity index (χ1v) is 8.72. The second kappa shape index (κ2) is 7.25. The molecule has 2 aliphatic heterocycles. The van der Waals surface area contributed by atoms with Crippen molar-refractivity contribution in [3.05, 3.63) is 17.5 Å². The summed E-state index contributed by atoms with van der Waals surface area (Å²) in [4.78, 5) is 28.4. The topological polar surface area (TPSA) is 52.6 Å². The highest BCUT2D eigenvalue weighted by atomic mass is 16.2. The molecule has 0 radical (unpaired) electrons. The van der Waals surface area contributed by atoms with Crippen molar-refractivity contribution in [2.75, 3.05) is 51.2 Å². The number of amides is 1. The number of carbonyl (C=O) groups is 1. The summed E-state index contributed by atoms with van der Waals surface area (Å²) < 4.78 is 0. The Hall–Kier alpha value is -1.69. The quantitative estimate of drug-likeness (QED) is 0.828. The van der Waals surface area contributed by atoms with Crippen LogP contribution in [-0.4, -0.2) is 72.0 Å². The van der Waals surface area contributed by atoms with Gasteiger partial charge in [0.15, 0.2) is 0 Å². The monoisotopic (exact) mass is 317 g/mol. The number of likely N-dealkylation sites (N-methyl/N-ethyl adjacent to an activating group) is 1. The van der Waals surface area contributed by atoms with Gasteiger partial charge in [0.2, 0.25) is 5.95 Å². The number of piperazine rings is 1. The Kier molecular flexibility index (Phi) is 5.10. The highest BCUT2D eigenvalue weighted by Gasteiger charge is 2.22. The lowest BCUT2D eigenvalue weighted by Crippen LogP contribution is -2.45. The molecule has 23 heavy (non-hydrogen) atoms. The maximum atomic E-state index is 12.8. The van der Waals surface area contributed by atoms with Crippen LogP contribution in [0.5, 0.6) is 0 Å². The zero-order valence-electron chi connectivity index (χ0n) is 14.3. The summed E-state index contributed by atoms with van der Waals surface area (Å²) in [7, 11) is 2.13. The Morgan fingerprint density at radius 1 is 0.957 bits per heavy atom. The van der Waals surface area contributed by atoms with E-state index in [1.54, 1.807) is 0 Å². The van der Waals surface area contributed by atoms with Crippen LogP contribution >= 0.6 is 0 Å². The molecule has 6 heteroatoms. The van der Waals surface area contributed by atoms with Gasteiger partial charge in [-0.15, -0.1) is 0 Å². The molecule has 3 rings (SSSR count). The first kappa shape index (κ1) is 16.2. The predicted molar refractivity (Wildman–Crippen MR) is 90.9 cm³/mol. The Labute approximate surface area is 138 Å². The Balaban J connectivity index is 1.78. The van der Waals surface area contributed by atoms with Crippen molar-refractivity contribution < 1.29 is 4.79 Å². The highest BCUT2D eigenvalue weighted by molar-refractivity contribution is 5.92. The second-order valence-electron chi connectivity index (χ2n) is 6.69. The van der Waals surface area contributed by atoms with Crippen molar-refractivity contribution in [3.8, 4) is 0 Å². The van der Waals surface area contributed by atoms with Gasteiger partial charge in [0.1, 0.15) is 5.69 Å². The van der Waals surface area contributed by atoms with Crippen molar-refractivity contribution in [1.82, 2.24) is 19.8 Å². The van der Waals surface area contributed by atoms with E-state index in [0.29, 0.717) is 11.6 Å². The van der Waals surface area contributed by atoms with Gasteiger partial charge in [0.05, 0.1) is 0 Å². The van der Waals surface area contributed by atoms with Crippen LogP contribution in [0.2, 0.25) is 0 Å². The molecule has 126 valence electrons. The van der Waals surface area contributed by atoms with Gasteiger partial charge in [-0.2, -0.15) is 0 Å². The third-order valence-electron chi connectivity index (χ3n) is 4.74. The Morgan fingerprint density at radius 2 is 1.61 bits per heavy atom. The van der Waals surface area contributed by atoms with E-state index in [4.69, 9.17) is 0 Å². The minimum absolute atomic E-state index is 0.0628. The summed E-state index contributed by atoms with van der Waals surface area (Å²) in [5, 5.41) is 0. The standard InChI is InChI=1S/C17H27N5O/c1-14-13-15(16(23)21-7-5-3-4-6-8-21)19-17(18-14)22-11-9-20(2)10-12-22/h13H,3-12H2,1-2H3. The average Bonchev–Trinajstić information content (AvgIpc) is 2.83. The van der Waals surface area contributed by atoms with Crippen LogP contribution in [0.1, 0.15) is 41.9 Å². The molecule has 2 fully saturated rings. The van der Waals surface area contributed by atoms with E-state index in [9.17, 15) is 4.79 Å². The number of aryl methyl sites for hydroxylation is 1. The summed E-state index contributed by atoms with van der Waals surface area (Å²) in [6.07, 6.45) is 4.64. The van der Waals surface area contributed by atoms with E-state index >= 15 is 0 Å². The van der Waals surface area contributed by atoms with E-state index in [2.05, 4.69) is 26.8 Å². The third-order valence-corrected chi connectivity index (χ3v) is 4.74. The summed E-state index contributed by atoms with van der Waals surface area (Å²) in [5.74, 6) is 0.768. The van der Waals surface area contributed by atoms with Crippen LogP contribution in [0.3, 0.4) is 0 Å². The van der Waals surface area contributed by atoms with Gasteiger partial charge >= 0.3 is 0 Å². The van der Waals surface area contributed by atoms with Gasteiger partial charge in [-0.05, 0) is 32.9 Å². The van der Waals surface area contributed by atoms with Gasteiger partial charge in [-0.3, -0.25) is 4.79 Å². The number of hydrogen-bond donors (Lipinski definition) is 0. The number of rotatable bonds is 2. The summed E-state index contributed by atoms with van der Waals surface area (Å²) >= 11 is 0. The first-order valence-electron chi connectivity index (χ1n) is 8.72. The van der Waals surface area contributed by atoms with E-state index < -0.39 is 0 Å². The van der Waals surface area contributed by atoms with Crippen LogP contribution in [0.25, 0.3) is 0 Å². The molecule has 1 aromatic rings. The van der Waals surface area contributed by atoms with Gasteiger partial charge in [-0.25, -0.2) is 9.97 Å². The molecule has 3 heterocycles. The molecular formula is C17H27N5O. The second-order valence-corrected chi connectivity index (χ2v) is 6.69. The molecule has 0 aliphatic carbocycles. The molecule has 2 aliphatic rings. The molecule has 1 aromatic heterocycles. The summed E-state index contributed by atoms with van der Waals surface area (Å²) in [6.45, 7) is 7.49. The number of likely N-dealkylation sites (tertiary alicyclic amines) is 1. The van der Waals surface area contributed by atoms with E-state index in [0.717, 1.165) is 57.8 Å². The molecule has 0 spiro atoms. The molecular weight excluding hydrogens is 290 g/mol. The number of aromatic nitrogens is 2. The smallest absolute Gasteiger partial charge is 0.272 e. The molecule has 6 nitrogen and oxygen atoms in total. The van der Waals surface area contributed by atoms with E-state index in [1.807, 2.05) is 17.9 Å². The highest BCUT2D eigenvalue weighted by Crippen LogP contribution is 2.16. The van der Waals surface area contributed by atoms with Crippen LogP contribution in [0, 0.1) is 6.92 Å². The van der Waals surface area contributed by atoms with Crippen molar-refractivity contribution in [3.63, 3.8) is 0 Å². The molecule has 0 saturated carbocycles. The van der Waals surface area contributed by atoms with Gasteiger partial charge in [0, 0.05) is 45.0 Å². The van der Waals surface area contributed by atoms with Crippen LogP contribution in [0.4, 0.5) is 5.95 Å². The number of hydrogen-bond acceptors (Lipinski definition) is 5. The maximum Gasteiger partial charge on any atom is 0.272 e. The lowest BCUT2D eigenvalue weighted by molar-refractivity contribution is 0.0755. The fraction of sp³-hybridized carbons (Fsp3) is 0.706. The normalized spacial score (nSPS) is 20.4. The summed E-state index contributed by atoms with van der Waals surface area (Å²) in [6, 6.07) is 1.83. The molecule has 0 atom stereocenters. The average molecular weight is 317 g/mol. The molecule has 0 bridgehead atoms. The zero-order valence-corrected chi connectivity index (χ0v) is 14.3.